The molecule has 0 spiro atoms. The molecule has 0 radical (unpaired) electrons. The normalized spacial score (nSPS) is 14.5. The molecular formula is C36H43N3O4. The molecule has 0 fully saturated rings. The molecule has 0 aliphatic carbocycles. The van der Waals surface area contributed by atoms with E-state index in [1.807, 2.05) is 36.9 Å². The third-order valence-corrected chi connectivity index (χ3v) is 8.70. The van der Waals surface area contributed by atoms with Gasteiger partial charge in [0.2, 0.25) is 0 Å². The first-order chi connectivity index (χ1) is 21.0. The van der Waals surface area contributed by atoms with Crippen LogP contribution in [-0.4, -0.2) is 39.3 Å². The van der Waals surface area contributed by atoms with Crippen LogP contribution in [0.3, 0.4) is 0 Å². The van der Waals surface area contributed by atoms with Crippen molar-refractivity contribution >= 4 is 21.7 Å². The van der Waals surface area contributed by atoms with Crippen LogP contribution < -0.4 is 4.74 Å². The van der Waals surface area contributed by atoms with Crippen molar-refractivity contribution in [3.63, 3.8) is 0 Å². The van der Waals surface area contributed by atoms with Crippen LogP contribution in [0.2, 0.25) is 0 Å². The molecule has 0 amide bonds. The number of rotatable bonds is 9. The summed E-state index contributed by atoms with van der Waals surface area (Å²) in [7, 11) is 2.03. The molecule has 6 rings (SSSR count). The van der Waals surface area contributed by atoms with Gasteiger partial charge in [0, 0.05) is 54.4 Å². The zero-order valence-electron chi connectivity index (χ0n) is 25.9. The summed E-state index contributed by atoms with van der Waals surface area (Å²) in [5.74, 6) is 0.904. The molecule has 5 aromatic rings. The molecular weight excluding hydrogens is 538 g/mol. The van der Waals surface area contributed by atoms with Crippen LogP contribution in [0.15, 0.2) is 54.6 Å². The molecule has 3 aromatic carbocycles. The Kier molecular flexibility index (Phi) is 8.84. The Bertz CT molecular complexity index is 1730. The van der Waals surface area contributed by atoms with E-state index in [4.69, 9.17) is 19.3 Å². The minimum Gasteiger partial charge on any atom is -0.493 e. The van der Waals surface area contributed by atoms with Gasteiger partial charge in [-0.25, -0.2) is 0 Å². The summed E-state index contributed by atoms with van der Waals surface area (Å²) in [6.07, 6.45) is 3.30. The van der Waals surface area contributed by atoms with Crippen molar-refractivity contribution < 1.29 is 19.3 Å². The predicted octanol–water partition coefficient (Wildman–Crippen LogP) is 7.42. The van der Waals surface area contributed by atoms with Gasteiger partial charge in [0.05, 0.1) is 30.1 Å². The maximum absolute atomic E-state index is 11.5. The van der Waals surface area contributed by atoms with Crippen molar-refractivity contribution in [3.8, 4) is 16.9 Å². The number of ether oxygens (including phenoxy) is 3. The van der Waals surface area contributed by atoms with Crippen molar-refractivity contribution in [1.29, 1.82) is 0 Å². The van der Waals surface area contributed by atoms with Gasteiger partial charge in [-0.05, 0) is 68.5 Å². The number of fused-ring (bicyclic) bond motifs is 3. The summed E-state index contributed by atoms with van der Waals surface area (Å²) < 4.78 is 22.7. The van der Waals surface area contributed by atoms with Crippen LogP contribution in [0.1, 0.15) is 67.6 Å². The number of aliphatic hydroxyl groups excluding tert-OH is 1. The van der Waals surface area contributed by atoms with E-state index in [1.54, 1.807) is 0 Å². The average Bonchev–Trinajstić information content (AvgIpc) is 3.49. The quantitative estimate of drug-likeness (QED) is 0.145. The Morgan fingerprint density at radius 2 is 1.84 bits per heavy atom. The summed E-state index contributed by atoms with van der Waals surface area (Å²) in [5, 5.41) is 19.9. The predicted molar refractivity (Wildman–Crippen MR) is 171 cm³/mol. The number of nitrogens with zero attached hydrogens (tertiary/aromatic N) is 3. The van der Waals surface area contributed by atoms with Gasteiger partial charge in [-0.2, -0.15) is 5.10 Å². The Morgan fingerprint density at radius 3 is 2.67 bits per heavy atom. The van der Waals surface area contributed by atoms with Crippen molar-refractivity contribution in [3.05, 3.63) is 82.8 Å². The molecule has 1 aliphatic rings. The molecule has 1 atom stereocenters. The molecule has 7 nitrogen and oxygen atoms in total. The highest BCUT2D eigenvalue weighted by Gasteiger charge is 2.29. The van der Waals surface area contributed by atoms with Crippen molar-refractivity contribution in [1.82, 2.24) is 14.3 Å². The fourth-order valence-corrected chi connectivity index (χ4v) is 6.78. The van der Waals surface area contributed by atoms with Crippen LogP contribution in [0.25, 0.3) is 32.8 Å². The maximum atomic E-state index is 11.5. The Hall–Kier alpha value is -3.65. The maximum Gasteiger partial charge on any atom is 0.196 e. The monoisotopic (exact) mass is 581 g/mol. The van der Waals surface area contributed by atoms with Crippen molar-refractivity contribution in [2.45, 2.75) is 72.3 Å². The van der Waals surface area contributed by atoms with E-state index in [2.05, 4.69) is 54.8 Å². The van der Waals surface area contributed by atoms with E-state index in [1.165, 1.54) is 22.2 Å². The first-order valence-corrected chi connectivity index (χ1v) is 15.7. The highest BCUT2D eigenvalue weighted by Crippen LogP contribution is 2.42. The van der Waals surface area contributed by atoms with Gasteiger partial charge >= 0.3 is 0 Å². The van der Waals surface area contributed by atoms with E-state index in [0.717, 1.165) is 83.2 Å². The van der Waals surface area contributed by atoms with Gasteiger partial charge in [0.1, 0.15) is 5.75 Å². The number of aryl methyl sites for hydroxylation is 4. The number of benzene rings is 3. The molecule has 0 bridgehead atoms. The van der Waals surface area contributed by atoms with Gasteiger partial charge in [0.15, 0.2) is 6.29 Å². The molecule has 226 valence electrons. The largest absolute Gasteiger partial charge is 0.493 e. The molecule has 43 heavy (non-hydrogen) atoms. The Labute approximate surface area is 254 Å². The van der Waals surface area contributed by atoms with Gasteiger partial charge < -0.3 is 23.9 Å². The van der Waals surface area contributed by atoms with E-state index in [-0.39, 0.29) is 0 Å². The zero-order chi connectivity index (χ0) is 29.9. The van der Waals surface area contributed by atoms with Gasteiger partial charge in [0.25, 0.3) is 0 Å². The summed E-state index contributed by atoms with van der Waals surface area (Å²) in [5.41, 5.74) is 8.86. The van der Waals surface area contributed by atoms with Gasteiger partial charge in [-0.1, -0.05) is 55.5 Å². The van der Waals surface area contributed by atoms with E-state index in [0.29, 0.717) is 26.4 Å². The van der Waals surface area contributed by atoms with E-state index >= 15 is 0 Å². The number of aromatic nitrogens is 3. The first kappa shape index (κ1) is 29.4. The van der Waals surface area contributed by atoms with Crippen molar-refractivity contribution in [2.75, 3.05) is 19.8 Å². The third-order valence-electron chi connectivity index (χ3n) is 8.70. The van der Waals surface area contributed by atoms with Crippen LogP contribution >= 0.6 is 0 Å². The lowest BCUT2D eigenvalue weighted by atomic mass is 9.93. The summed E-state index contributed by atoms with van der Waals surface area (Å²) in [4.78, 5) is 0. The van der Waals surface area contributed by atoms with E-state index < -0.39 is 6.29 Å². The fourth-order valence-electron chi connectivity index (χ4n) is 6.78. The second-order valence-corrected chi connectivity index (χ2v) is 11.4. The number of hydrogen-bond acceptors (Lipinski definition) is 5. The van der Waals surface area contributed by atoms with Gasteiger partial charge in [-0.3, -0.25) is 4.68 Å². The molecule has 2 aromatic heterocycles. The standard InChI is InChI=1S/C36H43N3O4/c1-5-30-33-29(37-38(30)4)23-41-21-10-9-20-39-34-28(19-18-24(3)32(33)34)27(35(39)36(40)42-6-2)16-12-22-43-31-17-11-14-25-13-7-8-15-26(25)31/h7-8,11,13-15,17-19,36,40H,5-6,9-10,12,16,20-23H2,1-4H3. The zero-order valence-corrected chi connectivity index (χ0v) is 25.9. The van der Waals surface area contributed by atoms with Crippen LogP contribution in [0, 0.1) is 6.92 Å². The molecule has 1 aliphatic heterocycles. The third kappa shape index (κ3) is 5.57. The number of hydrogen-bond donors (Lipinski definition) is 1. The molecule has 0 saturated heterocycles. The second-order valence-electron chi connectivity index (χ2n) is 11.4. The summed E-state index contributed by atoms with van der Waals surface area (Å²) >= 11 is 0. The summed E-state index contributed by atoms with van der Waals surface area (Å²) in [6, 6.07) is 19.0. The number of aliphatic hydroxyl groups is 1. The minimum atomic E-state index is -1.01. The first-order valence-electron chi connectivity index (χ1n) is 15.7. The van der Waals surface area contributed by atoms with Crippen LogP contribution in [0.4, 0.5) is 0 Å². The minimum absolute atomic E-state index is 0.429. The van der Waals surface area contributed by atoms with Crippen LogP contribution in [0.5, 0.6) is 5.75 Å². The summed E-state index contributed by atoms with van der Waals surface area (Å²) in [6.45, 7) is 9.25. The highest BCUT2D eigenvalue weighted by atomic mass is 16.6. The molecule has 1 unspecified atom stereocenters. The Morgan fingerprint density at radius 1 is 1.00 bits per heavy atom. The topological polar surface area (TPSA) is 70.7 Å². The second kappa shape index (κ2) is 12.9. The van der Waals surface area contributed by atoms with Crippen LogP contribution in [-0.2, 0) is 42.5 Å². The smallest absolute Gasteiger partial charge is 0.196 e. The van der Waals surface area contributed by atoms with Gasteiger partial charge in [-0.15, -0.1) is 0 Å². The lowest BCUT2D eigenvalue weighted by molar-refractivity contribution is -0.103. The average molecular weight is 582 g/mol. The molecule has 3 heterocycles. The highest BCUT2D eigenvalue weighted by molar-refractivity contribution is 6.00. The lowest BCUT2D eigenvalue weighted by Gasteiger charge is -2.19. The van der Waals surface area contributed by atoms with Crippen molar-refractivity contribution in [2.24, 2.45) is 7.05 Å². The molecule has 1 N–H and O–H groups in total. The van der Waals surface area contributed by atoms with E-state index in [9.17, 15) is 5.11 Å². The SMILES string of the molecule is CCOC(O)c1c(CCCOc2cccc3ccccc23)c2ccc(C)c3c2n1CCCCOCc1nn(C)c(CC)c1-3. The molecule has 7 heteroatoms. The lowest BCUT2D eigenvalue weighted by Crippen LogP contribution is -2.14. The Balaban J connectivity index is 1.45. The molecule has 0 saturated carbocycles. The fraction of sp³-hybridized carbons (Fsp3) is 0.417.